The Hall–Kier alpha value is -7.63. The van der Waals surface area contributed by atoms with Crippen molar-refractivity contribution >= 4 is 65.2 Å². The number of rotatable bonds is 5. The number of para-hydroxylation sites is 2. The number of benzene rings is 9. The molecule has 0 atom stereocenters. The zero-order valence-electron chi connectivity index (χ0n) is 30.1. The average Bonchev–Trinajstić information content (AvgIpc) is 3.80. The van der Waals surface area contributed by atoms with E-state index in [0.717, 1.165) is 44.2 Å². The first kappa shape index (κ1) is 30.8. The van der Waals surface area contributed by atoms with E-state index >= 15 is 0 Å². The highest BCUT2D eigenvalue weighted by Gasteiger charge is 2.23. The first-order valence-electron chi connectivity index (χ1n) is 19.0. The van der Waals surface area contributed by atoms with E-state index in [4.69, 9.17) is 15.0 Å². The minimum Gasteiger partial charge on any atom is -0.309 e. The minimum absolute atomic E-state index is 0.586. The summed E-state index contributed by atoms with van der Waals surface area (Å²) in [6, 6.07) is 66.7. The van der Waals surface area contributed by atoms with Gasteiger partial charge >= 0.3 is 0 Å². The van der Waals surface area contributed by atoms with Crippen LogP contribution in [0, 0.1) is 0 Å². The van der Waals surface area contributed by atoms with E-state index in [1.807, 2.05) is 60.7 Å². The first-order valence-corrected chi connectivity index (χ1v) is 19.0. The second kappa shape index (κ2) is 11.9. The molecule has 12 rings (SSSR count). The Kier molecular flexibility index (Phi) is 6.56. The van der Waals surface area contributed by atoms with Crippen molar-refractivity contribution in [1.29, 1.82) is 0 Å². The van der Waals surface area contributed by atoms with Crippen LogP contribution in [-0.2, 0) is 0 Å². The van der Waals surface area contributed by atoms with Gasteiger partial charge in [-0.25, -0.2) is 4.98 Å². The Morgan fingerprint density at radius 2 is 0.839 bits per heavy atom. The minimum atomic E-state index is 0.586. The van der Waals surface area contributed by atoms with Gasteiger partial charge in [0.1, 0.15) is 0 Å². The molecule has 3 heterocycles. The molecule has 3 aromatic heterocycles. The van der Waals surface area contributed by atoms with Crippen molar-refractivity contribution in [3.8, 4) is 45.5 Å². The molecule has 0 N–H and O–H groups in total. The molecule has 12 aromatic rings. The second-order valence-electron chi connectivity index (χ2n) is 14.4. The summed E-state index contributed by atoms with van der Waals surface area (Å²) in [4.78, 5) is 15.3. The van der Waals surface area contributed by atoms with Crippen molar-refractivity contribution in [2.24, 2.45) is 0 Å². The van der Waals surface area contributed by atoms with Crippen LogP contribution in [0.25, 0.3) is 111 Å². The summed E-state index contributed by atoms with van der Waals surface area (Å²) < 4.78 is 4.61. The van der Waals surface area contributed by atoms with Gasteiger partial charge in [-0.15, -0.1) is 0 Å². The smallest absolute Gasteiger partial charge is 0.238 e. The number of aromatic nitrogens is 5. The Labute approximate surface area is 321 Å². The van der Waals surface area contributed by atoms with Gasteiger partial charge in [-0.1, -0.05) is 146 Å². The lowest BCUT2D eigenvalue weighted by molar-refractivity contribution is 0.953. The van der Waals surface area contributed by atoms with Crippen LogP contribution >= 0.6 is 0 Å². The highest BCUT2D eigenvalue weighted by atomic mass is 15.2. The standard InChI is InChI=1S/C51H31N5/c1-4-15-32(16-5-1)49-52-50(33-17-6-2-7-18-33)54-51(53-49)56-42-25-13-12-22-38(42)41-31-34(27-29-43(41)56)36-28-30-45-48-46(36)39-23-11-10-21-37(39)40-24-14-26-44(47(40)48)55(45)35-19-8-3-9-20-35/h1-31H. The van der Waals surface area contributed by atoms with E-state index in [-0.39, 0.29) is 0 Å². The molecule has 0 aliphatic carbocycles. The summed E-state index contributed by atoms with van der Waals surface area (Å²) in [6.45, 7) is 0. The van der Waals surface area contributed by atoms with Gasteiger partial charge in [0.15, 0.2) is 11.6 Å². The van der Waals surface area contributed by atoms with Gasteiger partial charge in [0.2, 0.25) is 5.95 Å². The van der Waals surface area contributed by atoms with E-state index < -0.39 is 0 Å². The summed E-state index contributed by atoms with van der Waals surface area (Å²) in [7, 11) is 0. The van der Waals surface area contributed by atoms with E-state index in [9.17, 15) is 0 Å². The average molecular weight is 714 g/mol. The largest absolute Gasteiger partial charge is 0.309 e. The summed E-state index contributed by atoms with van der Waals surface area (Å²) in [5, 5.41) is 9.97. The molecule has 56 heavy (non-hydrogen) atoms. The van der Waals surface area contributed by atoms with Gasteiger partial charge in [0.25, 0.3) is 0 Å². The quantitative estimate of drug-likeness (QED) is 0.167. The third kappa shape index (κ3) is 4.46. The molecule has 0 radical (unpaired) electrons. The van der Waals surface area contributed by atoms with Crippen LogP contribution in [0.1, 0.15) is 0 Å². The highest BCUT2D eigenvalue weighted by Crippen LogP contribution is 2.47. The van der Waals surface area contributed by atoms with Gasteiger partial charge < -0.3 is 4.57 Å². The van der Waals surface area contributed by atoms with Crippen LogP contribution in [0.4, 0.5) is 0 Å². The molecule has 0 amide bonds. The van der Waals surface area contributed by atoms with Gasteiger partial charge in [0, 0.05) is 43.7 Å². The lowest BCUT2D eigenvalue weighted by atomic mass is 9.89. The lowest BCUT2D eigenvalue weighted by Gasteiger charge is -2.14. The van der Waals surface area contributed by atoms with Crippen LogP contribution in [-0.4, -0.2) is 24.1 Å². The van der Waals surface area contributed by atoms with Gasteiger partial charge in [0.05, 0.1) is 22.1 Å². The number of nitrogens with zero attached hydrogens (tertiary/aromatic N) is 5. The first-order chi connectivity index (χ1) is 27.8. The SMILES string of the molecule is c1ccc(-c2nc(-c3ccccc3)nc(-n3c4ccccc4c4cc(-c5ccc6c7c5c5ccccc5c5cccc(c57)n6-c5ccccc5)ccc43)n2)cc1. The zero-order chi connectivity index (χ0) is 36.7. The van der Waals surface area contributed by atoms with Crippen molar-refractivity contribution in [2.75, 3.05) is 0 Å². The molecule has 0 saturated carbocycles. The van der Waals surface area contributed by atoms with Gasteiger partial charge in [-0.3, -0.25) is 4.57 Å². The van der Waals surface area contributed by atoms with Crippen molar-refractivity contribution in [3.63, 3.8) is 0 Å². The molecule has 9 aromatic carbocycles. The number of hydrogen-bond acceptors (Lipinski definition) is 3. The molecular formula is C51H31N5. The molecule has 5 nitrogen and oxygen atoms in total. The van der Waals surface area contributed by atoms with Gasteiger partial charge in [-0.05, 0) is 69.8 Å². The molecule has 5 heteroatoms. The van der Waals surface area contributed by atoms with Crippen LogP contribution in [0.5, 0.6) is 0 Å². The maximum atomic E-state index is 5.14. The molecule has 260 valence electrons. The van der Waals surface area contributed by atoms with E-state index in [1.165, 1.54) is 48.9 Å². The maximum Gasteiger partial charge on any atom is 0.238 e. The summed E-state index contributed by atoms with van der Waals surface area (Å²) in [5.74, 6) is 1.86. The molecule has 0 aliphatic rings. The van der Waals surface area contributed by atoms with Crippen molar-refractivity contribution in [1.82, 2.24) is 24.1 Å². The fourth-order valence-electron chi connectivity index (χ4n) is 8.94. The Bertz CT molecular complexity index is 3400. The summed E-state index contributed by atoms with van der Waals surface area (Å²) in [5.41, 5.74) is 9.93. The molecular weight excluding hydrogens is 683 g/mol. The van der Waals surface area contributed by atoms with Crippen molar-refractivity contribution in [3.05, 3.63) is 188 Å². The fraction of sp³-hybridized carbons (Fsp3) is 0. The van der Waals surface area contributed by atoms with Crippen molar-refractivity contribution < 1.29 is 0 Å². The Balaban J connectivity index is 1.13. The third-order valence-electron chi connectivity index (χ3n) is 11.3. The normalized spacial score (nSPS) is 11.9. The monoisotopic (exact) mass is 713 g/mol. The third-order valence-corrected chi connectivity index (χ3v) is 11.3. The van der Waals surface area contributed by atoms with E-state index in [2.05, 4.69) is 137 Å². The van der Waals surface area contributed by atoms with Gasteiger partial charge in [-0.2, -0.15) is 9.97 Å². The van der Waals surface area contributed by atoms with Crippen LogP contribution < -0.4 is 0 Å². The predicted octanol–water partition coefficient (Wildman–Crippen LogP) is 12.8. The Morgan fingerprint density at radius 3 is 1.57 bits per heavy atom. The zero-order valence-corrected chi connectivity index (χ0v) is 30.1. The maximum absolute atomic E-state index is 5.14. The van der Waals surface area contributed by atoms with E-state index in [0.29, 0.717) is 17.6 Å². The molecule has 0 aliphatic heterocycles. The van der Waals surface area contributed by atoms with Crippen molar-refractivity contribution in [2.45, 2.75) is 0 Å². The van der Waals surface area contributed by atoms with Crippen LogP contribution in [0.15, 0.2) is 188 Å². The fourth-order valence-corrected chi connectivity index (χ4v) is 8.94. The highest BCUT2D eigenvalue weighted by molar-refractivity contribution is 6.36. The van der Waals surface area contributed by atoms with E-state index in [1.54, 1.807) is 0 Å². The number of fused-ring (bicyclic) bond motifs is 6. The predicted molar refractivity (Wildman–Crippen MR) is 231 cm³/mol. The molecule has 0 unspecified atom stereocenters. The Morgan fingerprint density at radius 1 is 0.304 bits per heavy atom. The van der Waals surface area contributed by atoms with Crippen LogP contribution in [0.2, 0.25) is 0 Å². The molecule has 0 bridgehead atoms. The number of hydrogen-bond donors (Lipinski definition) is 0. The lowest BCUT2D eigenvalue weighted by Crippen LogP contribution is -2.06. The summed E-state index contributed by atoms with van der Waals surface area (Å²) >= 11 is 0. The molecule has 0 spiro atoms. The van der Waals surface area contributed by atoms with Crippen LogP contribution in [0.3, 0.4) is 0 Å². The molecule has 0 fully saturated rings. The topological polar surface area (TPSA) is 48.5 Å². The summed E-state index contributed by atoms with van der Waals surface area (Å²) in [6.07, 6.45) is 0. The second-order valence-corrected chi connectivity index (χ2v) is 14.4. The molecule has 0 saturated heterocycles.